The van der Waals surface area contributed by atoms with Gasteiger partial charge in [0.15, 0.2) is 0 Å². The fourth-order valence-corrected chi connectivity index (χ4v) is 2.57. The lowest BCUT2D eigenvalue weighted by Crippen LogP contribution is -2.36. The van der Waals surface area contributed by atoms with Crippen LogP contribution in [0.15, 0.2) is 24.3 Å². The van der Waals surface area contributed by atoms with Crippen molar-refractivity contribution in [1.82, 2.24) is 5.32 Å². The molecule has 1 aromatic rings. The van der Waals surface area contributed by atoms with Crippen molar-refractivity contribution in [1.29, 1.82) is 0 Å². The van der Waals surface area contributed by atoms with Crippen LogP contribution < -0.4 is 5.32 Å². The summed E-state index contributed by atoms with van der Waals surface area (Å²) in [5.41, 5.74) is 1.16. The Hall–Kier alpha value is -0.710. The molecule has 5 heteroatoms. The van der Waals surface area contributed by atoms with E-state index < -0.39 is 0 Å². The molecular weight excluding hydrogens is 282 g/mol. The van der Waals surface area contributed by atoms with E-state index >= 15 is 0 Å². The summed E-state index contributed by atoms with van der Waals surface area (Å²) >= 11 is 7.38. The van der Waals surface area contributed by atoms with Crippen LogP contribution in [0.2, 0.25) is 5.02 Å². The van der Waals surface area contributed by atoms with Gasteiger partial charge in [0, 0.05) is 23.4 Å². The molecule has 1 aromatic carbocycles. The maximum Gasteiger partial charge on any atom is 0.230 e. The minimum absolute atomic E-state index is 0.0271. The Balaban J connectivity index is 2.24. The summed E-state index contributed by atoms with van der Waals surface area (Å²) in [7, 11) is 0. The average molecular weight is 302 g/mol. The van der Waals surface area contributed by atoms with E-state index in [2.05, 4.69) is 5.32 Å². The number of carbonyl (C=O) groups is 1. The standard InChI is InChI=1S/C14H20ClNO2S/c1-2-13(7-8-17)16-14(18)10-19-9-11-3-5-12(15)6-4-11/h3-6,13,17H,2,7-10H2,1H3,(H,16,18). The molecule has 0 bridgehead atoms. The minimum Gasteiger partial charge on any atom is -0.396 e. The van der Waals surface area contributed by atoms with Gasteiger partial charge in [-0.3, -0.25) is 4.79 Å². The van der Waals surface area contributed by atoms with Crippen molar-refractivity contribution in [3.05, 3.63) is 34.9 Å². The Morgan fingerprint density at radius 2 is 2.11 bits per heavy atom. The lowest BCUT2D eigenvalue weighted by Gasteiger charge is -2.15. The van der Waals surface area contributed by atoms with Gasteiger partial charge in [-0.25, -0.2) is 0 Å². The highest BCUT2D eigenvalue weighted by Gasteiger charge is 2.09. The van der Waals surface area contributed by atoms with Crippen molar-refractivity contribution < 1.29 is 9.90 Å². The number of carbonyl (C=O) groups excluding carboxylic acids is 1. The highest BCUT2D eigenvalue weighted by molar-refractivity contribution is 7.99. The first-order chi connectivity index (χ1) is 9.15. The maximum absolute atomic E-state index is 11.7. The van der Waals surface area contributed by atoms with Gasteiger partial charge in [-0.2, -0.15) is 0 Å². The van der Waals surface area contributed by atoms with Crippen LogP contribution in [0.4, 0.5) is 0 Å². The highest BCUT2D eigenvalue weighted by atomic mass is 35.5. The molecule has 1 amide bonds. The maximum atomic E-state index is 11.7. The fourth-order valence-electron chi connectivity index (χ4n) is 1.65. The van der Waals surface area contributed by atoms with Crippen molar-refractivity contribution >= 4 is 29.3 Å². The summed E-state index contributed by atoms with van der Waals surface area (Å²) in [5, 5.41) is 12.5. The molecular formula is C14H20ClNO2S. The Kier molecular flexibility index (Phi) is 7.94. The van der Waals surface area contributed by atoms with Crippen LogP contribution in [0.5, 0.6) is 0 Å². The van der Waals surface area contributed by atoms with Gasteiger partial charge in [0.1, 0.15) is 0 Å². The van der Waals surface area contributed by atoms with Gasteiger partial charge in [-0.15, -0.1) is 11.8 Å². The number of thioether (sulfide) groups is 1. The van der Waals surface area contributed by atoms with Crippen LogP contribution >= 0.6 is 23.4 Å². The molecule has 19 heavy (non-hydrogen) atoms. The Morgan fingerprint density at radius 1 is 1.42 bits per heavy atom. The molecule has 0 aliphatic rings. The average Bonchev–Trinajstić information content (AvgIpc) is 2.40. The molecule has 1 atom stereocenters. The molecule has 0 radical (unpaired) electrons. The summed E-state index contributed by atoms with van der Waals surface area (Å²) in [6.45, 7) is 2.11. The third kappa shape index (κ3) is 6.85. The van der Waals surface area contributed by atoms with Gasteiger partial charge >= 0.3 is 0 Å². The van der Waals surface area contributed by atoms with Crippen molar-refractivity contribution in [2.45, 2.75) is 31.6 Å². The van der Waals surface area contributed by atoms with E-state index in [9.17, 15) is 4.79 Å². The van der Waals surface area contributed by atoms with Gasteiger partial charge in [0.2, 0.25) is 5.91 Å². The molecule has 0 aromatic heterocycles. The number of halogens is 1. The molecule has 0 saturated carbocycles. The van der Waals surface area contributed by atoms with Gasteiger partial charge in [0.05, 0.1) is 5.75 Å². The quantitative estimate of drug-likeness (QED) is 0.776. The fraction of sp³-hybridized carbons (Fsp3) is 0.500. The van der Waals surface area contributed by atoms with Crippen LogP contribution in [-0.2, 0) is 10.5 Å². The van der Waals surface area contributed by atoms with Crippen molar-refractivity contribution in [2.24, 2.45) is 0 Å². The Morgan fingerprint density at radius 3 is 2.68 bits per heavy atom. The van der Waals surface area contributed by atoms with Gasteiger partial charge < -0.3 is 10.4 Å². The second-order valence-corrected chi connectivity index (χ2v) is 5.73. The second kappa shape index (κ2) is 9.23. The predicted molar refractivity (Wildman–Crippen MR) is 81.5 cm³/mol. The van der Waals surface area contributed by atoms with Crippen LogP contribution in [0, 0.1) is 0 Å². The molecule has 0 heterocycles. The molecule has 0 saturated heterocycles. The molecule has 1 rings (SSSR count). The normalized spacial score (nSPS) is 12.2. The number of amides is 1. The van der Waals surface area contributed by atoms with Gasteiger partial charge in [-0.05, 0) is 30.5 Å². The molecule has 3 nitrogen and oxygen atoms in total. The first-order valence-electron chi connectivity index (χ1n) is 6.38. The number of aliphatic hydroxyl groups excluding tert-OH is 1. The van der Waals surface area contributed by atoms with Crippen LogP contribution in [0.1, 0.15) is 25.3 Å². The molecule has 106 valence electrons. The number of hydrogen-bond acceptors (Lipinski definition) is 3. The molecule has 0 aliphatic carbocycles. The lowest BCUT2D eigenvalue weighted by atomic mass is 10.1. The smallest absolute Gasteiger partial charge is 0.230 e. The SMILES string of the molecule is CCC(CCO)NC(=O)CSCc1ccc(Cl)cc1. The van der Waals surface area contributed by atoms with E-state index in [1.54, 1.807) is 11.8 Å². The Labute approximate surface area is 123 Å². The minimum atomic E-state index is 0.0271. The number of hydrogen-bond donors (Lipinski definition) is 2. The zero-order valence-corrected chi connectivity index (χ0v) is 12.6. The van der Waals surface area contributed by atoms with E-state index in [-0.39, 0.29) is 18.6 Å². The lowest BCUT2D eigenvalue weighted by molar-refractivity contribution is -0.119. The van der Waals surface area contributed by atoms with Crippen molar-refractivity contribution in [3.8, 4) is 0 Å². The molecule has 1 unspecified atom stereocenters. The third-order valence-corrected chi connectivity index (χ3v) is 4.01. The predicted octanol–water partition coefficient (Wildman–Crippen LogP) is 2.85. The number of nitrogens with one attached hydrogen (secondary N) is 1. The summed E-state index contributed by atoms with van der Waals surface area (Å²) < 4.78 is 0. The van der Waals surface area contributed by atoms with Crippen LogP contribution in [0.3, 0.4) is 0 Å². The molecule has 0 aliphatic heterocycles. The first-order valence-corrected chi connectivity index (χ1v) is 7.91. The van der Waals surface area contributed by atoms with E-state index in [1.165, 1.54) is 0 Å². The monoisotopic (exact) mass is 301 g/mol. The highest BCUT2D eigenvalue weighted by Crippen LogP contribution is 2.15. The summed E-state index contributed by atoms with van der Waals surface area (Å²) in [5.74, 6) is 1.26. The van der Waals surface area contributed by atoms with Gasteiger partial charge in [-0.1, -0.05) is 30.7 Å². The van der Waals surface area contributed by atoms with E-state index in [1.807, 2.05) is 31.2 Å². The largest absolute Gasteiger partial charge is 0.396 e. The zero-order valence-electron chi connectivity index (χ0n) is 11.1. The van der Waals surface area contributed by atoms with E-state index in [0.717, 1.165) is 22.8 Å². The third-order valence-electron chi connectivity index (χ3n) is 2.75. The zero-order chi connectivity index (χ0) is 14.1. The second-order valence-electron chi connectivity index (χ2n) is 4.30. The van der Waals surface area contributed by atoms with E-state index in [0.29, 0.717) is 12.2 Å². The molecule has 2 N–H and O–H groups in total. The van der Waals surface area contributed by atoms with Crippen molar-refractivity contribution in [2.75, 3.05) is 12.4 Å². The number of rotatable bonds is 8. The molecule has 0 spiro atoms. The number of benzene rings is 1. The number of aliphatic hydroxyl groups is 1. The van der Waals surface area contributed by atoms with Gasteiger partial charge in [0.25, 0.3) is 0 Å². The topological polar surface area (TPSA) is 49.3 Å². The molecule has 0 fully saturated rings. The van der Waals surface area contributed by atoms with Crippen LogP contribution in [0.25, 0.3) is 0 Å². The summed E-state index contributed by atoms with van der Waals surface area (Å²) in [6, 6.07) is 7.72. The van der Waals surface area contributed by atoms with Crippen molar-refractivity contribution in [3.63, 3.8) is 0 Å². The van der Waals surface area contributed by atoms with E-state index in [4.69, 9.17) is 16.7 Å². The summed E-state index contributed by atoms with van der Waals surface area (Å²) in [6.07, 6.45) is 1.46. The Bertz CT molecular complexity index is 384. The first kappa shape index (κ1) is 16.3. The van der Waals surface area contributed by atoms with Crippen LogP contribution in [-0.4, -0.2) is 29.4 Å². The summed E-state index contributed by atoms with van der Waals surface area (Å²) in [4.78, 5) is 11.7.